The van der Waals surface area contributed by atoms with E-state index in [0.717, 1.165) is 0 Å². The summed E-state index contributed by atoms with van der Waals surface area (Å²) in [6.45, 7) is 0. The van der Waals surface area contributed by atoms with Crippen LogP contribution in [0.5, 0.6) is 28.7 Å². The molecule has 8 nitrogen and oxygen atoms in total. The van der Waals surface area contributed by atoms with Crippen LogP contribution in [0.1, 0.15) is 11.1 Å². The van der Waals surface area contributed by atoms with Gasteiger partial charge in [-0.05, 0) is 12.1 Å². The molecule has 0 saturated heterocycles. The van der Waals surface area contributed by atoms with Crippen molar-refractivity contribution in [2.24, 2.45) is 0 Å². The summed E-state index contributed by atoms with van der Waals surface area (Å²) in [7, 11) is 2.02. The van der Waals surface area contributed by atoms with E-state index >= 15 is 0 Å². The maximum atomic E-state index is 9.87. The van der Waals surface area contributed by atoms with E-state index in [0.29, 0.717) is 68.3 Å². The Balaban J connectivity index is 0.000000782. The normalized spacial score (nSPS) is 16.9. The van der Waals surface area contributed by atoms with Crippen molar-refractivity contribution >= 4 is 19.2 Å². The molecule has 0 fully saturated rings. The topological polar surface area (TPSA) is 75.9 Å². The Morgan fingerprint density at radius 1 is 0.619 bits per heavy atom. The number of allylic oxidation sites excluding steroid dienone is 3. The van der Waals surface area contributed by atoms with Gasteiger partial charge in [-0.15, -0.1) is 0 Å². The third kappa shape index (κ3) is 8.97. The molecule has 0 aromatic heterocycles. The summed E-state index contributed by atoms with van der Waals surface area (Å²) < 4.78 is 105. The van der Waals surface area contributed by atoms with Gasteiger partial charge in [0.25, 0.3) is 7.11 Å². The van der Waals surface area contributed by atoms with Crippen LogP contribution in [0.4, 0.5) is 25.2 Å². The average molecular weight is 628 g/mol. The number of benzene rings is 2. The van der Waals surface area contributed by atoms with E-state index in [-0.39, 0.29) is 0 Å². The zero-order valence-electron chi connectivity index (χ0n) is 24.0. The molecule has 0 aliphatic heterocycles. The second-order valence-corrected chi connectivity index (χ2v) is 10.1. The minimum atomic E-state index is -10.7. The Labute approximate surface area is 238 Å². The van der Waals surface area contributed by atoms with Gasteiger partial charge in [-0.25, -0.2) is 0 Å². The molecule has 0 bridgehead atoms. The molecular formula is C27H31F6O8P. The fourth-order valence-corrected chi connectivity index (χ4v) is 3.98. The first-order valence-corrected chi connectivity index (χ1v) is 13.7. The Morgan fingerprint density at radius 3 is 1.43 bits per heavy atom. The maximum absolute atomic E-state index is 10.7. The van der Waals surface area contributed by atoms with Crippen molar-refractivity contribution in [3.05, 3.63) is 70.7 Å². The van der Waals surface area contributed by atoms with Crippen LogP contribution >= 0.6 is 7.81 Å². The van der Waals surface area contributed by atoms with Crippen LogP contribution in [-0.2, 0) is 13.9 Å². The van der Waals surface area contributed by atoms with E-state index in [4.69, 9.17) is 37.6 Å². The minimum absolute atomic E-state index is 0.504. The van der Waals surface area contributed by atoms with Crippen molar-refractivity contribution in [2.45, 2.75) is 0 Å². The van der Waals surface area contributed by atoms with Gasteiger partial charge in [-0.1, -0.05) is 6.07 Å². The zero-order valence-corrected chi connectivity index (χ0v) is 24.9. The van der Waals surface area contributed by atoms with E-state index < -0.39 is 7.81 Å². The van der Waals surface area contributed by atoms with Crippen molar-refractivity contribution in [3.8, 4) is 28.7 Å². The van der Waals surface area contributed by atoms with Gasteiger partial charge in [0.15, 0.2) is 0 Å². The molecule has 3 rings (SSSR count). The molecule has 234 valence electrons. The van der Waals surface area contributed by atoms with E-state index in [1.807, 2.05) is 18.2 Å². The molecule has 0 saturated carbocycles. The number of ether oxygens (including phenoxy) is 7. The first-order chi connectivity index (χ1) is 19.5. The number of methoxy groups -OCH3 is 7. The van der Waals surface area contributed by atoms with Crippen LogP contribution in [-0.4, -0.2) is 62.7 Å². The van der Waals surface area contributed by atoms with Crippen LogP contribution in [0.2, 0.25) is 0 Å². The van der Waals surface area contributed by atoms with Gasteiger partial charge in [0.1, 0.15) is 45.8 Å². The second-order valence-electron chi connectivity index (χ2n) is 8.18. The molecule has 0 heterocycles. The summed E-state index contributed by atoms with van der Waals surface area (Å²) in [6, 6.07) is 9.11. The molecule has 42 heavy (non-hydrogen) atoms. The second kappa shape index (κ2) is 12.4. The van der Waals surface area contributed by atoms with Crippen LogP contribution < -0.4 is 23.7 Å². The third-order valence-corrected chi connectivity index (χ3v) is 5.61. The van der Waals surface area contributed by atoms with Crippen molar-refractivity contribution in [3.63, 3.8) is 0 Å². The predicted molar refractivity (Wildman–Crippen MR) is 146 cm³/mol. The SMILES string of the molecule is COC1=CC(=[O+]C)/C(=C(\c2c(OC)cccc2OC)c2c(OC)cc(OC)cc2OC)C(OC)=C1.F[P-](F)(F)(F)(F)F. The number of hydrogen-bond acceptors (Lipinski definition) is 7. The molecule has 0 unspecified atom stereocenters. The molecule has 0 spiro atoms. The number of rotatable bonds is 9. The van der Waals surface area contributed by atoms with Crippen LogP contribution in [0.25, 0.3) is 5.57 Å². The Bertz CT molecular complexity index is 1370. The van der Waals surface area contributed by atoms with E-state index in [2.05, 4.69) is 0 Å². The van der Waals surface area contributed by atoms with Gasteiger partial charge >= 0.3 is 38.8 Å². The zero-order chi connectivity index (χ0) is 31.9. The molecule has 2 aromatic carbocycles. The number of ketones is 1. The number of halogens is 6. The van der Waals surface area contributed by atoms with Gasteiger partial charge in [0, 0.05) is 23.8 Å². The molecule has 0 N–H and O–H groups in total. The van der Waals surface area contributed by atoms with E-state index in [1.165, 1.54) is 0 Å². The van der Waals surface area contributed by atoms with Gasteiger partial charge in [-0.2, -0.15) is 0 Å². The van der Waals surface area contributed by atoms with Crippen molar-refractivity contribution in [1.29, 1.82) is 0 Å². The van der Waals surface area contributed by atoms with Crippen LogP contribution in [0, 0.1) is 0 Å². The Kier molecular flexibility index (Phi) is 10.1. The summed E-state index contributed by atoms with van der Waals surface area (Å²) in [5.74, 6) is 4.30. The van der Waals surface area contributed by atoms with Crippen molar-refractivity contribution in [1.82, 2.24) is 0 Å². The summed E-state index contributed by atoms with van der Waals surface area (Å²) in [5, 5.41) is 0. The van der Waals surface area contributed by atoms with E-state index in [1.54, 1.807) is 81.2 Å². The van der Waals surface area contributed by atoms with Crippen molar-refractivity contribution in [2.75, 3.05) is 56.9 Å². The molecule has 1 aliphatic carbocycles. The number of hydrogen-bond donors (Lipinski definition) is 0. The van der Waals surface area contributed by atoms with Crippen LogP contribution in [0.3, 0.4) is 0 Å². The molecule has 0 atom stereocenters. The Morgan fingerprint density at radius 2 is 1.07 bits per heavy atom. The molecule has 15 heteroatoms. The molecular weight excluding hydrogens is 597 g/mol. The first-order valence-electron chi connectivity index (χ1n) is 11.7. The first kappa shape index (κ1) is 34.1. The van der Waals surface area contributed by atoms with E-state index in [9.17, 15) is 25.2 Å². The monoisotopic (exact) mass is 628 g/mol. The van der Waals surface area contributed by atoms with Crippen molar-refractivity contribution < 1.29 is 62.8 Å². The summed E-state index contributed by atoms with van der Waals surface area (Å²) in [6.07, 6.45) is 3.56. The molecule has 2 aromatic rings. The van der Waals surface area contributed by atoms with Gasteiger partial charge in [-0.3, -0.25) is 4.42 Å². The average Bonchev–Trinajstić information content (AvgIpc) is 2.94. The van der Waals surface area contributed by atoms with Gasteiger partial charge in [0.2, 0.25) is 0 Å². The quantitative estimate of drug-likeness (QED) is 0.122. The van der Waals surface area contributed by atoms with Crippen LogP contribution in [0.15, 0.2) is 59.6 Å². The third-order valence-electron chi connectivity index (χ3n) is 5.61. The predicted octanol–water partition coefficient (Wildman–Crippen LogP) is 7.72. The van der Waals surface area contributed by atoms with Gasteiger partial charge in [0.05, 0.1) is 67.0 Å². The fourth-order valence-electron chi connectivity index (χ4n) is 3.98. The fraction of sp³-hybridized carbons (Fsp3) is 0.296. The summed E-state index contributed by atoms with van der Waals surface area (Å²) >= 11 is 0. The standard InChI is InChI=1S/C27H31O8.F6P/c1-28-16-12-20(32-5)25(21(13-16)33-6)27(24-18(30-3)10-9-11-19(24)31-4)26-22(34-7)14-17(29-2)15-23(26)35-8;1-7(2,3,4,5)6/h9-15H,1-8H3;/q+1;-1. The molecule has 1 aliphatic rings. The summed E-state index contributed by atoms with van der Waals surface area (Å²) in [4.78, 5) is 0. The summed E-state index contributed by atoms with van der Waals surface area (Å²) in [5.41, 5.74) is 2.55. The Hall–Kier alpha value is -4.06. The number of carbonyl (C=O) groups excluding carboxylic acids is 1. The van der Waals surface area contributed by atoms with Gasteiger partial charge < -0.3 is 33.2 Å². The molecule has 0 amide bonds. The molecule has 0 radical (unpaired) electrons.